The van der Waals surface area contributed by atoms with Crippen molar-refractivity contribution in [1.82, 2.24) is 9.78 Å². The molecule has 0 radical (unpaired) electrons. The van der Waals surface area contributed by atoms with Gasteiger partial charge in [0.1, 0.15) is 6.04 Å². The van der Waals surface area contributed by atoms with Crippen molar-refractivity contribution in [3.63, 3.8) is 0 Å². The normalized spacial score (nSPS) is 12.5. The van der Waals surface area contributed by atoms with E-state index in [1.807, 2.05) is 6.92 Å². The van der Waals surface area contributed by atoms with Crippen LogP contribution in [0.2, 0.25) is 0 Å². The molecule has 0 saturated heterocycles. The van der Waals surface area contributed by atoms with E-state index in [0.717, 1.165) is 12.1 Å². The fourth-order valence-corrected chi connectivity index (χ4v) is 1.52. The molecule has 0 aliphatic carbocycles. The van der Waals surface area contributed by atoms with Gasteiger partial charge in [-0.2, -0.15) is 5.10 Å². The molecular weight excluding hydrogens is 192 g/mol. The van der Waals surface area contributed by atoms with E-state index in [1.165, 1.54) is 17.7 Å². The predicted octanol–water partition coefficient (Wildman–Crippen LogP) is 1.48. The fraction of sp³-hybridized carbons (Fsp3) is 0.545. The van der Waals surface area contributed by atoms with Gasteiger partial charge in [-0.1, -0.05) is 13.3 Å². The van der Waals surface area contributed by atoms with Gasteiger partial charge < -0.3 is 0 Å². The van der Waals surface area contributed by atoms with Crippen molar-refractivity contribution in [3.8, 4) is 0 Å². The van der Waals surface area contributed by atoms with Crippen LogP contribution in [-0.4, -0.2) is 15.6 Å². The summed E-state index contributed by atoms with van der Waals surface area (Å²) in [4.78, 5) is 22.9. The molecule has 1 unspecified atom stereocenters. The molecule has 0 N–H and O–H groups in total. The average Bonchev–Trinajstić information content (AvgIpc) is 2.18. The maximum absolute atomic E-state index is 11.5. The van der Waals surface area contributed by atoms with Crippen molar-refractivity contribution in [2.75, 3.05) is 0 Å². The molecule has 0 aromatic carbocycles. The smallest absolute Gasteiger partial charge is 0.267 e. The molecule has 0 spiro atoms. The predicted molar refractivity (Wildman–Crippen MR) is 57.9 cm³/mol. The van der Waals surface area contributed by atoms with E-state index in [9.17, 15) is 9.59 Å². The Morgan fingerprint density at radius 2 is 2.20 bits per heavy atom. The maximum atomic E-state index is 11.5. The summed E-state index contributed by atoms with van der Waals surface area (Å²) in [6.07, 6.45) is 1.51. The summed E-state index contributed by atoms with van der Waals surface area (Å²) in [6, 6.07) is 2.69. The first-order valence-corrected chi connectivity index (χ1v) is 5.13. The van der Waals surface area contributed by atoms with Gasteiger partial charge in [-0.3, -0.25) is 9.59 Å². The Kier molecular flexibility index (Phi) is 3.77. The number of aromatic nitrogens is 2. The number of aryl methyl sites for hydroxylation is 1. The highest BCUT2D eigenvalue weighted by Crippen LogP contribution is 2.11. The highest BCUT2D eigenvalue weighted by Gasteiger charge is 2.17. The molecule has 1 aromatic rings. The van der Waals surface area contributed by atoms with Crippen LogP contribution >= 0.6 is 0 Å². The van der Waals surface area contributed by atoms with Crippen LogP contribution in [0.5, 0.6) is 0 Å². The Balaban J connectivity index is 3.15. The zero-order valence-corrected chi connectivity index (χ0v) is 9.36. The molecule has 0 fully saturated rings. The minimum absolute atomic E-state index is 0.0166. The Morgan fingerprint density at radius 3 is 2.73 bits per heavy atom. The van der Waals surface area contributed by atoms with Gasteiger partial charge in [0.25, 0.3) is 5.56 Å². The van der Waals surface area contributed by atoms with Gasteiger partial charge in [0.05, 0.1) is 5.69 Å². The molecule has 0 aliphatic rings. The van der Waals surface area contributed by atoms with Gasteiger partial charge in [-0.05, 0) is 26.3 Å². The van der Waals surface area contributed by atoms with E-state index in [0.29, 0.717) is 6.42 Å². The van der Waals surface area contributed by atoms with E-state index in [1.54, 1.807) is 13.0 Å². The molecule has 1 heterocycles. The van der Waals surface area contributed by atoms with Gasteiger partial charge in [-0.15, -0.1) is 0 Å². The molecular formula is C11H16N2O2. The highest BCUT2D eigenvalue weighted by molar-refractivity contribution is 5.79. The molecule has 4 nitrogen and oxygen atoms in total. The van der Waals surface area contributed by atoms with Crippen LogP contribution in [0.15, 0.2) is 16.9 Å². The van der Waals surface area contributed by atoms with E-state index in [-0.39, 0.29) is 11.3 Å². The Hall–Kier alpha value is -1.45. The number of carbonyl (C=O) groups is 1. The number of hydrogen-bond donors (Lipinski definition) is 0. The SMILES string of the molecule is CCCC(C(C)=O)n1nc(C)ccc1=O. The van der Waals surface area contributed by atoms with Gasteiger partial charge >= 0.3 is 0 Å². The average molecular weight is 208 g/mol. The van der Waals surface area contributed by atoms with Crippen molar-refractivity contribution >= 4 is 5.78 Å². The summed E-state index contributed by atoms with van der Waals surface area (Å²) in [5, 5.41) is 4.10. The molecule has 1 atom stereocenters. The van der Waals surface area contributed by atoms with Crippen molar-refractivity contribution in [1.29, 1.82) is 0 Å². The number of carbonyl (C=O) groups excluding carboxylic acids is 1. The molecule has 1 aromatic heterocycles. The van der Waals surface area contributed by atoms with Crippen LogP contribution in [-0.2, 0) is 4.79 Å². The molecule has 1 rings (SSSR count). The maximum Gasteiger partial charge on any atom is 0.267 e. The van der Waals surface area contributed by atoms with Gasteiger partial charge in [0, 0.05) is 6.07 Å². The second-order valence-corrected chi connectivity index (χ2v) is 3.67. The largest absolute Gasteiger partial charge is 0.298 e. The molecule has 0 aliphatic heterocycles. The van der Waals surface area contributed by atoms with E-state index in [2.05, 4.69) is 5.10 Å². The summed E-state index contributed by atoms with van der Waals surface area (Å²) < 4.78 is 1.29. The third kappa shape index (κ3) is 2.75. The van der Waals surface area contributed by atoms with Crippen LogP contribution < -0.4 is 5.56 Å². The van der Waals surface area contributed by atoms with E-state index in [4.69, 9.17) is 0 Å². The van der Waals surface area contributed by atoms with Crippen molar-refractivity contribution in [3.05, 3.63) is 28.2 Å². The first kappa shape index (κ1) is 11.6. The summed E-state index contributed by atoms with van der Waals surface area (Å²) in [7, 11) is 0. The van der Waals surface area contributed by atoms with E-state index < -0.39 is 6.04 Å². The summed E-state index contributed by atoms with van der Waals surface area (Å²) >= 11 is 0. The van der Waals surface area contributed by atoms with Crippen molar-refractivity contribution < 1.29 is 4.79 Å². The lowest BCUT2D eigenvalue weighted by molar-refractivity contribution is -0.120. The monoisotopic (exact) mass is 208 g/mol. The Bertz CT molecular complexity index is 409. The molecule has 0 saturated carbocycles. The topological polar surface area (TPSA) is 52.0 Å². The first-order chi connectivity index (χ1) is 7.06. The zero-order chi connectivity index (χ0) is 11.4. The Labute approximate surface area is 88.9 Å². The van der Waals surface area contributed by atoms with Crippen LogP contribution in [0.25, 0.3) is 0 Å². The van der Waals surface area contributed by atoms with E-state index >= 15 is 0 Å². The lowest BCUT2D eigenvalue weighted by atomic mass is 10.1. The molecule has 0 amide bonds. The van der Waals surface area contributed by atoms with Crippen molar-refractivity contribution in [2.45, 2.75) is 39.7 Å². The first-order valence-electron chi connectivity index (χ1n) is 5.13. The second kappa shape index (κ2) is 4.87. The van der Waals surface area contributed by atoms with Crippen LogP contribution in [0.1, 0.15) is 38.4 Å². The Morgan fingerprint density at radius 1 is 1.53 bits per heavy atom. The second-order valence-electron chi connectivity index (χ2n) is 3.67. The molecule has 82 valence electrons. The summed E-state index contributed by atoms with van der Waals surface area (Å²) in [6.45, 7) is 5.28. The number of Topliss-reactive ketones (excluding diaryl/α,β-unsaturated/α-hetero) is 1. The fourth-order valence-electron chi connectivity index (χ4n) is 1.52. The lowest BCUT2D eigenvalue weighted by Crippen LogP contribution is -2.30. The van der Waals surface area contributed by atoms with Gasteiger partial charge in [0.15, 0.2) is 5.78 Å². The minimum Gasteiger partial charge on any atom is -0.298 e. The highest BCUT2D eigenvalue weighted by atomic mass is 16.1. The summed E-state index contributed by atoms with van der Waals surface area (Å²) in [5.74, 6) is -0.0166. The molecule has 15 heavy (non-hydrogen) atoms. The quantitative estimate of drug-likeness (QED) is 0.753. The van der Waals surface area contributed by atoms with Gasteiger partial charge in [0.2, 0.25) is 0 Å². The number of ketones is 1. The summed E-state index contributed by atoms with van der Waals surface area (Å²) in [5.41, 5.74) is 0.534. The zero-order valence-electron chi connectivity index (χ0n) is 9.36. The number of nitrogens with zero attached hydrogens (tertiary/aromatic N) is 2. The van der Waals surface area contributed by atoms with Crippen LogP contribution in [0, 0.1) is 6.92 Å². The lowest BCUT2D eigenvalue weighted by Gasteiger charge is -2.14. The minimum atomic E-state index is -0.414. The van der Waals surface area contributed by atoms with Crippen molar-refractivity contribution in [2.24, 2.45) is 0 Å². The number of hydrogen-bond acceptors (Lipinski definition) is 3. The molecule has 4 heteroatoms. The third-order valence-electron chi connectivity index (χ3n) is 2.28. The van der Waals surface area contributed by atoms with Crippen LogP contribution in [0.4, 0.5) is 0 Å². The van der Waals surface area contributed by atoms with Crippen LogP contribution in [0.3, 0.4) is 0 Å². The van der Waals surface area contributed by atoms with Gasteiger partial charge in [-0.25, -0.2) is 4.68 Å². The number of rotatable bonds is 4. The standard InChI is InChI=1S/C11H16N2O2/c1-4-5-10(9(3)14)13-11(15)7-6-8(2)12-13/h6-7,10H,4-5H2,1-3H3. The molecule has 0 bridgehead atoms. The third-order valence-corrected chi connectivity index (χ3v) is 2.28.